The summed E-state index contributed by atoms with van der Waals surface area (Å²) >= 11 is 0. The molecule has 1 N–H and O–H groups in total. The summed E-state index contributed by atoms with van der Waals surface area (Å²) in [5.74, 6) is 0.110. The van der Waals surface area contributed by atoms with Crippen LogP contribution in [-0.2, 0) is 27.2 Å². The Bertz CT molecular complexity index is 547. The molecule has 22 heavy (non-hydrogen) atoms. The molecule has 1 saturated heterocycles. The van der Waals surface area contributed by atoms with Crippen molar-refractivity contribution in [2.24, 2.45) is 11.8 Å². The van der Waals surface area contributed by atoms with E-state index in [1.807, 2.05) is 11.8 Å². The van der Waals surface area contributed by atoms with E-state index in [2.05, 4.69) is 9.97 Å². The van der Waals surface area contributed by atoms with Gasteiger partial charge in [-0.2, -0.15) is 0 Å². The third kappa shape index (κ3) is 3.00. The smallest absolute Gasteiger partial charge is 0.309 e. The number of imidazole rings is 1. The standard InChI is InChI=1S/C16H23N3O3/c1-2-22-16(21)11-5-7-19(8-6-11)15(20)12-3-4-13-14(9-12)18-10-17-13/h10-12H,2-9H2,1H3,(H,17,18). The number of piperidine rings is 1. The van der Waals surface area contributed by atoms with Gasteiger partial charge in [0.1, 0.15) is 0 Å². The molecule has 0 bridgehead atoms. The molecule has 1 aromatic rings. The van der Waals surface area contributed by atoms with Gasteiger partial charge in [0.2, 0.25) is 5.91 Å². The summed E-state index contributed by atoms with van der Waals surface area (Å²) in [5, 5.41) is 0. The number of aromatic amines is 1. The van der Waals surface area contributed by atoms with E-state index in [0.29, 0.717) is 32.5 Å². The highest BCUT2D eigenvalue weighted by Crippen LogP contribution is 2.27. The minimum Gasteiger partial charge on any atom is -0.466 e. The van der Waals surface area contributed by atoms with Gasteiger partial charge in [0.05, 0.1) is 24.5 Å². The maximum atomic E-state index is 12.7. The van der Waals surface area contributed by atoms with E-state index in [1.54, 1.807) is 6.33 Å². The fourth-order valence-electron chi connectivity index (χ4n) is 3.47. The van der Waals surface area contributed by atoms with Crippen molar-refractivity contribution in [1.82, 2.24) is 14.9 Å². The van der Waals surface area contributed by atoms with Crippen molar-refractivity contribution in [1.29, 1.82) is 0 Å². The number of nitrogens with one attached hydrogen (secondary N) is 1. The van der Waals surface area contributed by atoms with Crippen molar-refractivity contribution in [2.75, 3.05) is 19.7 Å². The number of rotatable bonds is 3. The third-order valence-corrected chi connectivity index (χ3v) is 4.76. The van der Waals surface area contributed by atoms with Gasteiger partial charge < -0.3 is 14.6 Å². The molecule has 1 aliphatic heterocycles. The minimum absolute atomic E-state index is 0.0467. The van der Waals surface area contributed by atoms with E-state index in [9.17, 15) is 9.59 Å². The SMILES string of the molecule is CCOC(=O)C1CCN(C(=O)C2CCc3nc[nH]c3C2)CC1. The van der Waals surface area contributed by atoms with E-state index in [1.165, 1.54) is 0 Å². The molecule has 1 amide bonds. The first-order chi connectivity index (χ1) is 10.7. The summed E-state index contributed by atoms with van der Waals surface area (Å²) in [6.07, 6.45) is 5.64. The van der Waals surface area contributed by atoms with Gasteiger partial charge in [-0.3, -0.25) is 9.59 Å². The highest BCUT2D eigenvalue weighted by molar-refractivity contribution is 5.80. The molecule has 6 heteroatoms. The van der Waals surface area contributed by atoms with Crippen LogP contribution in [0.4, 0.5) is 0 Å². The van der Waals surface area contributed by atoms with Crippen LogP contribution in [0, 0.1) is 11.8 Å². The number of hydrogen-bond acceptors (Lipinski definition) is 4. The number of esters is 1. The molecule has 1 unspecified atom stereocenters. The van der Waals surface area contributed by atoms with Gasteiger partial charge in [-0.25, -0.2) is 4.98 Å². The maximum absolute atomic E-state index is 12.7. The van der Waals surface area contributed by atoms with Gasteiger partial charge in [-0.05, 0) is 32.6 Å². The fraction of sp³-hybridized carbons (Fsp3) is 0.688. The van der Waals surface area contributed by atoms with Crippen LogP contribution in [0.25, 0.3) is 0 Å². The van der Waals surface area contributed by atoms with Crippen LogP contribution in [-0.4, -0.2) is 46.4 Å². The maximum Gasteiger partial charge on any atom is 0.309 e. The average Bonchev–Trinajstić information content (AvgIpc) is 3.02. The summed E-state index contributed by atoms with van der Waals surface area (Å²) < 4.78 is 5.07. The molecule has 2 heterocycles. The molecule has 6 nitrogen and oxygen atoms in total. The number of nitrogens with zero attached hydrogens (tertiary/aromatic N) is 2. The van der Waals surface area contributed by atoms with Crippen LogP contribution >= 0.6 is 0 Å². The molecular weight excluding hydrogens is 282 g/mol. The lowest BCUT2D eigenvalue weighted by Crippen LogP contribution is -2.44. The third-order valence-electron chi connectivity index (χ3n) is 4.76. The van der Waals surface area contributed by atoms with E-state index in [-0.39, 0.29) is 23.7 Å². The Morgan fingerprint density at radius 2 is 2.09 bits per heavy atom. The van der Waals surface area contributed by atoms with Crippen molar-refractivity contribution in [3.63, 3.8) is 0 Å². The lowest BCUT2D eigenvalue weighted by Gasteiger charge is -2.34. The van der Waals surface area contributed by atoms with E-state index in [4.69, 9.17) is 4.74 Å². The first kappa shape index (κ1) is 15.1. The second-order valence-electron chi connectivity index (χ2n) is 6.12. The highest BCUT2D eigenvalue weighted by Gasteiger charge is 2.33. The predicted molar refractivity (Wildman–Crippen MR) is 80.0 cm³/mol. The van der Waals surface area contributed by atoms with E-state index in [0.717, 1.165) is 30.7 Å². The molecule has 120 valence electrons. The number of hydrogen-bond donors (Lipinski definition) is 1. The molecule has 1 atom stereocenters. The van der Waals surface area contributed by atoms with Gasteiger partial charge in [0, 0.05) is 31.1 Å². The molecule has 3 rings (SSSR count). The second kappa shape index (κ2) is 6.50. The summed E-state index contributed by atoms with van der Waals surface area (Å²) in [5.41, 5.74) is 2.20. The van der Waals surface area contributed by atoms with Crippen LogP contribution in [0.3, 0.4) is 0 Å². The molecule has 0 spiro atoms. The summed E-state index contributed by atoms with van der Waals surface area (Å²) in [6.45, 7) is 3.57. The van der Waals surface area contributed by atoms with Crippen molar-refractivity contribution < 1.29 is 14.3 Å². The van der Waals surface area contributed by atoms with Crippen LogP contribution < -0.4 is 0 Å². The van der Waals surface area contributed by atoms with Crippen molar-refractivity contribution in [2.45, 2.75) is 39.0 Å². The Balaban J connectivity index is 1.53. The highest BCUT2D eigenvalue weighted by atomic mass is 16.5. The zero-order valence-corrected chi connectivity index (χ0v) is 13.0. The fourth-order valence-corrected chi connectivity index (χ4v) is 3.47. The number of fused-ring (bicyclic) bond motifs is 1. The number of carbonyl (C=O) groups excluding carboxylic acids is 2. The molecule has 0 saturated carbocycles. The number of aryl methyl sites for hydroxylation is 1. The number of amides is 1. The lowest BCUT2D eigenvalue weighted by molar-refractivity contribution is -0.151. The predicted octanol–water partition coefficient (Wildman–Crippen LogP) is 1.32. The van der Waals surface area contributed by atoms with Crippen LogP contribution in [0.2, 0.25) is 0 Å². The van der Waals surface area contributed by atoms with E-state index >= 15 is 0 Å². The molecule has 0 aromatic carbocycles. The van der Waals surface area contributed by atoms with Gasteiger partial charge in [-0.1, -0.05) is 0 Å². The number of aromatic nitrogens is 2. The molecule has 2 aliphatic rings. The quantitative estimate of drug-likeness (QED) is 0.855. The van der Waals surface area contributed by atoms with Gasteiger partial charge in [0.15, 0.2) is 0 Å². The Morgan fingerprint density at radius 3 is 2.82 bits per heavy atom. The van der Waals surface area contributed by atoms with Gasteiger partial charge in [0.25, 0.3) is 0 Å². The minimum atomic E-state index is -0.116. The summed E-state index contributed by atoms with van der Waals surface area (Å²) in [6, 6.07) is 0. The van der Waals surface area contributed by atoms with Gasteiger partial charge >= 0.3 is 5.97 Å². The molecule has 1 aliphatic carbocycles. The first-order valence-electron chi connectivity index (χ1n) is 8.15. The Kier molecular flexibility index (Phi) is 4.45. The lowest BCUT2D eigenvalue weighted by atomic mass is 9.87. The summed E-state index contributed by atoms with van der Waals surface area (Å²) in [7, 11) is 0. The number of H-pyrrole nitrogens is 1. The molecular formula is C16H23N3O3. The van der Waals surface area contributed by atoms with Crippen LogP contribution in [0.15, 0.2) is 6.33 Å². The second-order valence-corrected chi connectivity index (χ2v) is 6.12. The first-order valence-corrected chi connectivity index (χ1v) is 8.15. The van der Waals surface area contributed by atoms with Crippen molar-refractivity contribution in [3.05, 3.63) is 17.7 Å². The number of ether oxygens (including phenoxy) is 1. The average molecular weight is 305 g/mol. The molecule has 1 fully saturated rings. The van der Waals surface area contributed by atoms with Crippen LogP contribution in [0.5, 0.6) is 0 Å². The molecule has 1 aromatic heterocycles. The number of carbonyl (C=O) groups is 2. The summed E-state index contributed by atoms with van der Waals surface area (Å²) in [4.78, 5) is 33.7. The Hall–Kier alpha value is -1.85. The van der Waals surface area contributed by atoms with Crippen molar-refractivity contribution in [3.8, 4) is 0 Å². The van der Waals surface area contributed by atoms with Crippen molar-refractivity contribution >= 4 is 11.9 Å². The zero-order valence-electron chi connectivity index (χ0n) is 13.0. The number of likely N-dealkylation sites (tertiary alicyclic amines) is 1. The van der Waals surface area contributed by atoms with Crippen LogP contribution in [0.1, 0.15) is 37.6 Å². The largest absolute Gasteiger partial charge is 0.466 e. The Morgan fingerprint density at radius 1 is 1.32 bits per heavy atom. The molecule has 0 radical (unpaired) electrons. The topological polar surface area (TPSA) is 75.3 Å². The van der Waals surface area contributed by atoms with E-state index < -0.39 is 0 Å². The monoisotopic (exact) mass is 305 g/mol. The normalized spacial score (nSPS) is 22.2. The zero-order chi connectivity index (χ0) is 15.5. The van der Waals surface area contributed by atoms with Gasteiger partial charge in [-0.15, -0.1) is 0 Å². The Labute approximate surface area is 130 Å².